The molecule has 1 N–H and O–H groups in total. The van der Waals surface area contributed by atoms with Crippen molar-refractivity contribution in [3.8, 4) is 5.75 Å². The zero-order valence-electron chi connectivity index (χ0n) is 7.51. The van der Waals surface area contributed by atoms with Crippen LogP contribution in [0.25, 0.3) is 0 Å². The summed E-state index contributed by atoms with van der Waals surface area (Å²) in [5.41, 5.74) is 0.958. The van der Waals surface area contributed by atoms with Crippen LogP contribution in [0.4, 0.5) is 5.69 Å². The highest BCUT2D eigenvalue weighted by Gasteiger charge is 2.25. The van der Waals surface area contributed by atoms with Crippen molar-refractivity contribution in [2.45, 2.75) is 18.9 Å². The highest BCUT2D eigenvalue weighted by Crippen LogP contribution is 2.37. The lowest BCUT2D eigenvalue weighted by atomic mass is 10.3. The van der Waals surface area contributed by atoms with Crippen LogP contribution in [0.5, 0.6) is 5.75 Å². The van der Waals surface area contributed by atoms with Gasteiger partial charge in [-0.2, -0.15) is 0 Å². The standard InChI is InChI=1S/C10H12ClNO/c1-12-9-4-2-3-8(11)10(9)13-7-5-6-7/h2-4,7,12H,5-6H2,1H3. The fourth-order valence-corrected chi connectivity index (χ4v) is 1.40. The average Bonchev–Trinajstić information content (AvgIpc) is 2.92. The second-order valence-electron chi connectivity index (χ2n) is 3.18. The van der Waals surface area contributed by atoms with Crippen molar-refractivity contribution in [3.05, 3.63) is 23.2 Å². The molecular weight excluding hydrogens is 186 g/mol. The second kappa shape index (κ2) is 3.46. The number of ether oxygens (including phenoxy) is 1. The second-order valence-corrected chi connectivity index (χ2v) is 3.59. The average molecular weight is 198 g/mol. The van der Waals surface area contributed by atoms with E-state index in [4.69, 9.17) is 16.3 Å². The van der Waals surface area contributed by atoms with Gasteiger partial charge in [-0.15, -0.1) is 0 Å². The van der Waals surface area contributed by atoms with Gasteiger partial charge in [0.15, 0.2) is 5.75 Å². The van der Waals surface area contributed by atoms with Crippen LogP contribution in [0, 0.1) is 0 Å². The Labute approximate surface area is 82.9 Å². The molecule has 1 aromatic rings. The number of anilines is 1. The molecule has 3 heteroatoms. The van der Waals surface area contributed by atoms with E-state index in [1.165, 1.54) is 0 Å². The molecule has 0 atom stereocenters. The maximum Gasteiger partial charge on any atom is 0.161 e. The predicted octanol–water partition coefficient (Wildman–Crippen LogP) is 2.92. The van der Waals surface area contributed by atoms with Gasteiger partial charge in [-0.05, 0) is 25.0 Å². The van der Waals surface area contributed by atoms with Gasteiger partial charge in [-0.3, -0.25) is 0 Å². The molecule has 13 heavy (non-hydrogen) atoms. The van der Waals surface area contributed by atoms with Crippen LogP contribution < -0.4 is 10.1 Å². The third kappa shape index (κ3) is 1.89. The molecule has 0 amide bonds. The lowest BCUT2D eigenvalue weighted by Gasteiger charge is -2.11. The smallest absolute Gasteiger partial charge is 0.161 e. The summed E-state index contributed by atoms with van der Waals surface area (Å²) in [6.07, 6.45) is 2.68. The van der Waals surface area contributed by atoms with Gasteiger partial charge in [0.25, 0.3) is 0 Å². The van der Waals surface area contributed by atoms with E-state index in [0.717, 1.165) is 24.3 Å². The molecule has 70 valence electrons. The molecule has 0 radical (unpaired) electrons. The van der Waals surface area contributed by atoms with Crippen LogP contribution in [0.15, 0.2) is 18.2 Å². The normalized spacial score (nSPS) is 15.5. The van der Waals surface area contributed by atoms with Crippen molar-refractivity contribution in [3.63, 3.8) is 0 Å². The molecule has 0 bridgehead atoms. The van der Waals surface area contributed by atoms with E-state index < -0.39 is 0 Å². The summed E-state index contributed by atoms with van der Waals surface area (Å²) < 4.78 is 5.68. The first-order valence-electron chi connectivity index (χ1n) is 4.44. The molecular formula is C10H12ClNO. The molecule has 1 saturated carbocycles. The molecule has 0 heterocycles. The number of rotatable bonds is 3. The Balaban J connectivity index is 2.27. The Hall–Kier alpha value is -0.890. The molecule has 2 rings (SSSR count). The summed E-state index contributed by atoms with van der Waals surface area (Å²) >= 11 is 6.02. The Morgan fingerprint density at radius 2 is 2.23 bits per heavy atom. The fraction of sp³-hybridized carbons (Fsp3) is 0.400. The van der Waals surface area contributed by atoms with Gasteiger partial charge in [-0.1, -0.05) is 17.7 Å². The predicted molar refractivity (Wildman–Crippen MR) is 54.6 cm³/mol. The van der Waals surface area contributed by atoms with Gasteiger partial charge < -0.3 is 10.1 Å². The summed E-state index contributed by atoms with van der Waals surface area (Å²) in [4.78, 5) is 0. The number of hydrogen-bond donors (Lipinski definition) is 1. The van der Waals surface area contributed by atoms with Gasteiger partial charge in [0.2, 0.25) is 0 Å². The first-order valence-corrected chi connectivity index (χ1v) is 4.82. The Morgan fingerprint density at radius 1 is 1.46 bits per heavy atom. The van der Waals surface area contributed by atoms with Crippen LogP contribution in [0.3, 0.4) is 0 Å². The van der Waals surface area contributed by atoms with Crippen LogP contribution >= 0.6 is 11.6 Å². The summed E-state index contributed by atoms with van der Waals surface area (Å²) in [6.45, 7) is 0. The van der Waals surface area contributed by atoms with Crippen molar-refractivity contribution >= 4 is 17.3 Å². The summed E-state index contributed by atoms with van der Waals surface area (Å²) in [7, 11) is 1.87. The van der Waals surface area contributed by atoms with Crippen LogP contribution in [0.2, 0.25) is 5.02 Å². The van der Waals surface area contributed by atoms with E-state index >= 15 is 0 Å². The first kappa shape index (κ1) is 8.70. The molecule has 0 saturated heterocycles. The lowest BCUT2D eigenvalue weighted by molar-refractivity contribution is 0.305. The number of nitrogens with one attached hydrogen (secondary N) is 1. The third-order valence-corrected chi connectivity index (χ3v) is 2.34. The highest BCUT2D eigenvalue weighted by atomic mass is 35.5. The van der Waals surface area contributed by atoms with E-state index in [0.29, 0.717) is 11.1 Å². The molecule has 1 aliphatic carbocycles. The van der Waals surface area contributed by atoms with E-state index in [1.807, 2.05) is 25.2 Å². The number of halogens is 1. The molecule has 1 aliphatic rings. The monoisotopic (exact) mass is 197 g/mol. The zero-order valence-corrected chi connectivity index (χ0v) is 8.27. The van der Waals surface area contributed by atoms with Gasteiger partial charge in [0.05, 0.1) is 16.8 Å². The topological polar surface area (TPSA) is 21.3 Å². The van der Waals surface area contributed by atoms with Gasteiger partial charge in [-0.25, -0.2) is 0 Å². The molecule has 1 fully saturated rings. The van der Waals surface area contributed by atoms with E-state index in [9.17, 15) is 0 Å². The van der Waals surface area contributed by atoms with Crippen molar-refractivity contribution in [2.24, 2.45) is 0 Å². The molecule has 0 spiro atoms. The fourth-order valence-electron chi connectivity index (χ4n) is 1.18. The van der Waals surface area contributed by atoms with Gasteiger partial charge >= 0.3 is 0 Å². The summed E-state index contributed by atoms with van der Waals surface area (Å²) in [6, 6.07) is 5.72. The van der Waals surface area contributed by atoms with Gasteiger partial charge in [0, 0.05) is 7.05 Å². The Kier molecular flexibility index (Phi) is 2.32. The maximum absolute atomic E-state index is 6.02. The van der Waals surface area contributed by atoms with E-state index in [-0.39, 0.29) is 0 Å². The van der Waals surface area contributed by atoms with Crippen molar-refractivity contribution in [1.82, 2.24) is 0 Å². The first-order chi connectivity index (χ1) is 6.31. The maximum atomic E-state index is 6.02. The zero-order chi connectivity index (χ0) is 9.26. The number of hydrogen-bond acceptors (Lipinski definition) is 2. The SMILES string of the molecule is CNc1cccc(Cl)c1OC1CC1. The number of benzene rings is 1. The summed E-state index contributed by atoms with van der Waals surface area (Å²) in [5, 5.41) is 3.74. The molecule has 2 nitrogen and oxygen atoms in total. The van der Waals surface area contributed by atoms with Crippen LogP contribution in [0.1, 0.15) is 12.8 Å². The van der Waals surface area contributed by atoms with Crippen molar-refractivity contribution in [2.75, 3.05) is 12.4 Å². The van der Waals surface area contributed by atoms with Gasteiger partial charge in [0.1, 0.15) is 0 Å². The molecule has 0 unspecified atom stereocenters. The minimum atomic E-state index is 0.381. The minimum absolute atomic E-state index is 0.381. The highest BCUT2D eigenvalue weighted by molar-refractivity contribution is 6.32. The third-order valence-electron chi connectivity index (χ3n) is 2.05. The largest absolute Gasteiger partial charge is 0.487 e. The minimum Gasteiger partial charge on any atom is -0.487 e. The van der Waals surface area contributed by atoms with Crippen molar-refractivity contribution in [1.29, 1.82) is 0 Å². The Morgan fingerprint density at radius 3 is 2.85 bits per heavy atom. The van der Waals surface area contributed by atoms with Crippen LogP contribution in [-0.4, -0.2) is 13.2 Å². The Bertz CT molecular complexity index is 310. The van der Waals surface area contributed by atoms with Crippen LogP contribution in [-0.2, 0) is 0 Å². The number of para-hydroxylation sites is 1. The molecule has 1 aromatic carbocycles. The van der Waals surface area contributed by atoms with Crippen molar-refractivity contribution < 1.29 is 4.74 Å². The van der Waals surface area contributed by atoms with E-state index in [1.54, 1.807) is 0 Å². The van der Waals surface area contributed by atoms with E-state index in [2.05, 4.69) is 5.32 Å². The molecule has 0 aliphatic heterocycles. The molecule has 0 aromatic heterocycles. The quantitative estimate of drug-likeness (QED) is 0.805. The summed E-state index contributed by atoms with van der Waals surface area (Å²) in [5.74, 6) is 0.786. The lowest BCUT2D eigenvalue weighted by Crippen LogP contribution is -2.00.